The number of aryl methyl sites for hydroxylation is 1. The van der Waals surface area contributed by atoms with Gasteiger partial charge in [-0.05, 0) is 37.6 Å². The second-order valence-electron chi connectivity index (χ2n) is 7.38. The zero-order chi connectivity index (χ0) is 22.8. The summed E-state index contributed by atoms with van der Waals surface area (Å²) in [4.78, 5) is 10.3. The van der Waals surface area contributed by atoms with E-state index in [0.717, 1.165) is 6.54 Å². The van der Waals surface area contributed by atoms with Crippen molar-refractivity contribution >= 4 is 23.1 Å². The van der Waals surface area contributed by atoms with Crippen LogP contribution in [0.25, 0.3) is 11.0 Å². The van der Waals surface area contributed by atoms with Gasteiger partial charge in [0.2, 0.25) is 5.60 Å². The number of imidazole rings is 1. The molecule has 1 aromatic heterocycles. The molecule has 3 aromatic rings. The molecule has 1 heterocycles. The summed E-state index contributed by atoms with van der Waals surface area (Å²) >= 11 is 0. The van der Waals surface area contributed by atoms with Gasteiger partial charge >= 0.3 is 6.18 Å². The number of ether oxygens (including phenoxy) is 1. The molecule has 2 aromatic carbocycles. The number of aromatic nitrogens is 2. The van der Waals surface area contributed by atoms with Gasteiger partial charge < -0.3 is 19.3 Å². The van der Waals surface area contributed by atoms with Crippen molar-refractivity contribution in [1.29, 1.82) is 0 Å². The molecule has 1 N–H and O–H groups in total. The Balaban J connectivity index is 2.12. The number of fused-ring (bicyclic) bond motifs is 1. The highest BCUT2D eigenvalue weighted by Crippen LogP contribution is 2.46. The van der Waals surface area contributed by atoms with Crippen LogP contribution in [0, 0.1) is 6.92 Å². The molecule has 166 valence electrons. The van der Waals surface area contributed by atoms with Crippen LogP contribution >= 0.6 is 0 Å². The molecule has 0 radical (unpaired) electrons. The van der Waals surface area contributed by atoms with Crippen molar-refractivity contribution in [3.8, 4) is 5.75 Å². The number of para-hydroxylation sites is 2. The summed E-state index contributed by atoms with van der Waals surface area (Å²) in [6.07, 6.45) is -2.08. The van der Waals surface area contributed by atoms with E-state index in [1.54, 1.807) is 37.5 Å². The van der Waals surface area contributed by atoms with Crippen molar-refractivity contribution in [3.63, 3.8) is 0 Å². The van der Waals surface area contributed by atoms with Crippen molar-refractivity contribution in [2.45, 2.75) is 32.2 Å². The maximum absolute atomic E-state index is 14.3. The van der Waals surface area contributed by atoms with Crippen molar-refractivity contribution < 1.29 is 23.0 Å². The number of alkyl halides is 3. The van der Waals surface area contributed by atoms with Gasteiger partial charge in [-0.1, -0.05) is 12.1 Å². The third kappa shape index (κ3) is 4.36. The quantitative estimate of drug-likeness (QED) is 0.442. The van der Waals surface area contributed by atoms with Crippen LogP contribution in [0.1, 0.15) is 18.1 Å². The number of halogens is 3. The van der Waals surface area contributed by atoms with E-state index in [0.29, 0.717) is 22.3 Å². The summed E-state index contributed by atoms with van der Waals surface area (Å²) in [7, 11) is 3.10. The summed E-state index contributed by atoms with van der Waals surface area (Å²) in [5, 5.41) is 11.0. The molecule has 0 spiro atoms. The average Bonchev–Trinajstić information content (AvgIpc) is 3.14. The zero-order valence-electron chi connectivity index (χ0n) is 17.8. The van der Waals surface area contributed by atoms with E-state index in [2.05, 4.69) is 9.98 Å². The van der Waals surface area contributed by atoms with Crippen LogP contribution in [-0.2, 0) is 12.1 Å². The molecule has 0 fully saturated rings. The van der Waals surface area contributed by atoms with Crippen molar-refractivity contribution in [2.24, 2.45) is 4.99 Å². The van der Waals surface area contributed by atoms with Gasteiger partial charge in [0.1, 0.15) is 5.75 Å². The normalized spacial score (nSPS) is 14.2. The van der Waals surface area contributed by atoms with Crippen LogP contribution in [0.15, 0.2) is 47.7 Å². The maximum atomic E-state index is 14.3. The second-order valence-corrected chi connectivity index (χ2v) is 7.38. The van der Waals surface area contributed by atoms with Gasteiger partial charge in [0.25, 0.3) is 0 Å². The fourth-order valence-corrected chi connectivity index (χ4v) is 3.26. The minimum absolute atomic E-state index is 0.0962. The van der Waals surface area contributed by atoms with Crippen LogP contribution in [0.5, 0.6) is 5.75 Å². The Bertz CT molecular complexity index is 1090. The van der Waals surface area contributed by atoms with Crippen LogP contribution in [0.2, 0.25) is 0 Å². The summed E-state index contributed by atoms with van der Waals surface area (Å²) in [6, 6.07) is 9.50. The Kier molecular flexibility index (Phi) is 6.26. The smallest absolute Gasteiger partial charge is 0.423 e. The lowest BCUT2D eigenvalue weighted by molar-refractivity contribution is -0.272. The van der Waals surface area contributed by atoms with Gasteiger partial charge in [-0.25, -0.2) is 9.98 Å². The van der Waals surface area contributed by atoms with Crippen molar-refractivity contribution in [2.75, 3.05) is 20.7 Å². The predicted octanol–water partition coefficient (Wildman–Crippen LogP) is 4.41. The fourth-order valence-electron chi connectivity index (χ4n) is 3.26. The fraction of sp³-hybridized carbons (Fsp3) is 0.364. The van der Waals surface area contributed by atoms with Crippen LogP contribution in [-0.4, -0.2) is 52.8 Å². The first kappa shape index (κ1) is 22.6. The SMILES string of the molecule is CCN(C)/C=N/c1cc(OC)c(C(O)(Cn2cnc3ccccc32)C(F)(F)F)cc1C. The molecule has 31 heavy (non-hydrogen) atoms. The topological polar surface area (TPSA) is 62.9 Å². The second kappa shape index (κ2) is 8.58. The molecule has 0 bridgehead atoms. The number of methoxy groups -OCH3 is 1. The van der Waals surface area contributed by atoms with E-state index < -0.39 is 18.3 Å². The van der Waals surface area contributed by atoms with Gasteiger partial charge in [-0.3, -0.25) is 0 Å². The number of hydrogen-bond donors (Lipinski definition) is 1. The first-order chi connectivity index (χ1) is 14.6. The first-order valence-electron chi connectivity index (χ1n) is 9.73. The summed E-state index contributed by atoms with van der Waals surface area (Å²) in [5.74, 6) is -0.0962. The van der Waals surface area contributed by atoms with Crippen molar-refractivity contribution in [1.82, 2.24) is 14.5 Å². The Hall–Kier alpha value is -3.07. The monoisotopic (exact) mass is 434 g/mol. The van der Waals surface area contributed by atoms with E-state index in [1.807, 2.05) is 18.9 Å². The van der Waals surface area contributed by atoms with E-state index >= 15 is 0 Å². The van der Waals surface area contributed by atoms with Crippen LogP contribution < -0.4 is 4.74 Å². The van der Waals surface area contributed by atoms with Gasteiger partial charge in [-0.2, -0.15) is 13.2 Å². The highest BCUT2D eigenvalue weighted by atomic mass is 19.4. The van der Waals surface area contributed by atoms with Crippen LogP contribution in [0.4, 0.5) is 18.9 Å². The van der Waals surface area contributed by atoms with Gasteiger partial charge in [-0.15, -0.1) is 0 Å². The molecule has 0 saturated heterocycles. The summed E-state index contributed by atoms with van der Waals surface area (Å²) in [5.41, 5.74) is -1.60. The Morgan fingerprint density at radius 3 is 2.61 bits per heavy atom. The highest BCUT2D eigenvalue weighted by molar-refractivity contribution is 5.75. The van der Waals surface area contributed by atoms with Gasteiger partial charge in [0.15, 0.2) is 0 Å². The minimum Gasteiger partial charge on any atom is -0.496 e. The molecule has 1 atom stereocenters. The molecule has 0 saturated carbocycles. The van der Waals surface area contributed by atoms with E-state index in [-0.39, 0.29) is 11.3 Å². The molecule has 3 rings (SSSR count). The Morgan fingerprint density at radius 2 is 1.97 bits per heavy atom. The van der Waals surface area contributed by atoms with E-state index in [4.69, 9.17) is 4.74 Å². The molecule has 0 aliphatic carbocycles. The lowest BCUT2D eigenvalue weighted by Gasteiger charge is -2.33. The number of hydrogen-bond acceptors (Lipinski definition) is 4. The van der Waals surface area contributed by atoms with E-state index in [9.17, 15) is 18.3 Å². The predicted molar refractivity (Wildman–Crippen MR) is 114 cm³/mol. The molecular formula is C22H25F3N4O2. The largest absolute Gasteiger partial charge is 0.496 e. The summed E-state index contributed by atoms with van der Waals surface area (Å²) in [6.45, 7) is 3.55. The van der Waals surface area contributed by atoms with Crippen molar-refractivity contribution in [3.05, 3.63) is 53.9 Å². The third-order valence-electron chi connectivity index (χ3n) is 5.25. The molecule has 1 unspecified atom stereocenters. The van der Waals surface area contributed by atoms with Gasteiger partial charge in [0, 0.05) is 25.2 Å². The molecular weight excluding hydrogens is 409 g/mol. The Morgan fingerprint density at radius 1 is 1.26 bits per heavy atom. The number of aliphatic hydroxyl groups is 1. The average molecular weight is 434 g/mol. The van der Waals surface area contributed by atoms with E-state index in [1.165, 1.54) is 30.1 Å². The number of benzene rings is 2. The third-order valence-corrected chi connectivity index (χ3v) is 5.25. The lowest BCUT2D eigenvalue weighted by atomic mass is 9.90. The first-order valence-corrected chi connectivity index (χ1v) is 9.73. The maximum Gasteiger partial charge on any atom is 0.423 e. The number of aliphatic imine (C=N–C) groups is 1. The molecule has 0 aliphatic heterocycles. The number of nitrogens with zero attached hydrogens (tertiary/aromatic N) is 4. The van der Waals surface area contributed by atoms with Gasteiger partial charge in [0.05, 0.1) is 43.0 Å². The Labute approximate surface area is 178 Å². The molecule has 0 amide bonds. The molecule has 6 nitrogen and oxygen atoms in total. The molecule has 0 aliphatic rings. The summed E-state index contributed by atoms with van der Waals surface area (Å²) < 4.78 is 49.3. The van der Waals surface area contributed by atoms with Crippen LogP contribution in [0.3, 0.4) is 0 Å². The lowest BCUT2D eigenvalue weighted by Crippen LogP contribution is -2.46. The molecule has 9 heteroatoms. The highest BCUT2D eigenvalue weighted by Gasteiger charge is 2.57. The minimum atomic E-state index is -4.97. The number of rotatable bonds is 7. The zero-order valence-corrected chi connectivity index (χ0v) is 17.8. The standard InChI is InChI=1S/C22H25F3N4O2/c1-5-28(3)13-26-18-11-20(31-4)16(10-15(18)2)21(30,22(23,24)25)12-29-14-27-17-8-6-7-9-19(17)29/h6-11,13-14,30H,5,12H2,1-4H3/b26-13+.